The highest BCUT2D eigenvalue weighted by molar-refractivity contribution is 5.65. The first kappa shape index (κ1) is 11.2. The van der Waals surface area contributed by atoms with Crippen molar-refractivity contribution in [3.63, 3.8) is 0 Å². The molecule has 2 aromatic carbocycles. The summed E-state index contributed by atoms with van der Waals surface area (Å²) in [4.78, 5) is 0. The van der Waals surface area contributed by atoms with Crippen LogP contribution in [-0.4, -0.2) is 0 Å². The smallest absolute Gasteiger partial charge is 0.165 e. The summed E-state index contributed by atoms with van der Waals surface area (Å²) >= 11 is 0. The predicted octanol–water partition coefficient (Wildman–Crippen LogP) is 2.92. The van der Waals surface area contributed by atoms with Gasteiger partial charge in [-0.1, -0.05) is 0 Å². The van der Waals surface area contributed by atoms with E-state index in [0.717, 1.165) is 18.2 Å². The van der Waals surface area contributed by atoms with Crippen LogP contribution in [0.25, 0.3) is 0 Å². The summed E-state index contributed by atoms with van der Waals surface area (Å²) < 4.78 is 31.4. The van der Waals surface area contributed by atoms with E-state index in [1.807, 2.05) is 0 Å². The molecule has 0 saturated carbocycles. The van der Waals surface area contributed by atoms with Gasteiger partial charge in [0.2, 0.25) is 0 Å². The molecular weight excluding hydrogens is 226 g/mol. The zero-order valence-corrected chi connectivity index (χ0v) is 8.78. The maximum Gasteiger partial charge on any atom is 0.165 e. The predicted molar refractivity (Wildman–Crippen MR) is 61.7 cm³/mol. The summed E-state index contributed by atoms with van der Waals surface area (Å²) in [5, 5.41) is 0. The Morgan fingerprint density at radius 1 is 0.882 bits per heavy atom. The van der Waals surface area contributed by atoms with Crippen molar-refractivity contribution in [3.05, 3.63) is 48.0 Å². The van der Waals surface area contributed by atoms with Gasteiger partial charge in [-0.05, 0) is 24.3 Å². The molecule has 0 bridgehead atoms. The van der Waals surface area contributed by atoms with E-state index < -0.39 is 11.6 Å². The zero-order chi connectivity index (χ0) is 12.4. The van der Waals surface area contributed by atoms with E-state index in [0.29, 0.717) is 17.1 Å². The third kappa shape index (κ3) is 2.44. The number of rotatable bonds is 2. The van der Waals surface area contributed by atoms with Crippen LogP contribution in [-0.2, 0) is 0 Å². The number of anilines is 2. The number of ether oxygens (including phenoxy) is 1. The molecule has 0 spiro atoms. The van der Waals surface area contributed by atoms with E-state index in [-0.39, 0.29) is 5.75 Å². The highest BCUT2D eigenvalue weighted by Gasteiger charge is 2.07. The summed E-state index contributed by atoms with van der Waals surface area (Å²) in [5.74, 6) is -1.14. The van der Waals surface area contributed by atoms with Gasteiger partial charge < -0.3 is 16.2 Å². The Hall–Kier alpha value is -2.30. The SMILES string of the molecule is Nc1ccc(Oc2cc(F)ccc2F)cc1N. The molecule has 0 aliphatic heterocycles. The Morgan fingerprint density at radius 2 is 1.65 bits per heavy atom. The largest absolute Gasteiger partial charge is 0.454 e. The average molecular weight is 236 g/mol. The summed E-state index contributed by atoms with van der Waals surface area (Å²) in [5.41, 5.74) is 11.8. The van der Waals surface area contributed by atoms with E-state index in [1.54, 1.807) is 0 Å². The van der Waals surface area contributed by atoms with Crippen molar-refractivity contribution in [2.24, 2.45) is 0 Å². The number of hydrogen-bond donors (Lipinski definition) is 2. The maximum atomic E-state index is 13.3. The van der Waals surface area contributed by atoms with Crippen molar-refractivity contribution in [2.45, 2.75) is 0 Å². The van der Waals surface area contributed by atoms with Gasteiger partial charge in [-0.3, -0.25) is 0 Å². The van der Waals surface area contributed by atoms with Gasteiger partial charge in [0.25, 0.3) is 0 Å². The van der Waals surface area contributed by atoms with Gasteiger partial charge in [-0.15, -0.1) is 0 Å². The van der Waals surface area contributed by atoms with E-state index >= 15 is 0 Å². The van der Waals surface area contributed by atoms with Gasteiger partial charge in [0.05, 0.1) is 11.4 Å². The van der Waals surface area contributed by atoms with Crippen LogP contribution >= 0.6 is 0 Å². The molecule has 0 radical (unpaired) electrons. The quantitative estimate of drug-likeness (QED) is 0.788. The van der Waals surface area contributed by atoms with Crippen molar-refractivity contribution in [3.8, 4) is 11.5 Å². The normalized spacial score (nSPS) is 10.2. The van der Waals surface area contributed by atoms with Crippen LogP contribution in [0, 0.1) is 11.6 Å². The third-order valence-corrected chi connectivity index (χ3v) is 2.18. The molecule has 0 unspecified atom stereocenters. The average Bonchev–Trinajstić information content (AvgIpc) is 2.29. The lowest BCUT2D eigenvalue weighted by molar-refractivity contribution is 0.437. The number of hydrogen-bond acceptors (Lipinski definition) is 3. The number of halogens is 2. The number of nitrogen functional groups attached to an aromatic ring is 2. The first-order chi connectivity index (χ1) is 8.06. The molecule has 0 amide bonds. The second-order valence-electron chi connectivity index (χ2n) is 3.47. The molecule has 4 N–H and O–H groups in total. The molecule has 0 heterocycles. The van der Waals surface area contributed by atoms with E-state index in [4.69, 9.17) is 16.2 Å². The van der Waals surface area contributed by atoms with Gasteiger partial charge in [-0.25, -0.2) is 8.78 Å². The lowest BCUT2D eigenvalue weighted by atomic mass is 10.2. The first-order valence-corrected chi connectivity index (χ1v) is 4.84. The summed E-state index contributed by atoms with van der Waals surface area (Å²) in [6.07, 6.45) is 0. The zero-order valence-electron chi connectivity index (χ0n) is 8.78. The molecule has 0 aliphatic carbocycles. The Bertz CT molecular complexity index is 558. The number of nitrogens with two attached hydrogens (primary N) is 2. The fourth-order valence-electron chi connectivity index (χ4n) is 1.30. The second kappa shape index (κ2) is 4.29. The van der Waals surface area contributed by atoms with Crippen LogP contribution in [0.5, 0.6) is 11.5 Å². The third-order valence-electron chi connectivity index (χ3n) is 2.18. The van der Waals surface area contributed by atoms with Crippen molar-refractivity contribution >= 4 is 11.4 Å². The van der Waals surface area contributed by atoms with Gasteiger partial charge in [0.1, 0.15) is 11.6 Å². The van der Waals surface area contributed by atoms with Gasteiger partial charge in [0, 0.05) is 12.1 Å². The highest BCUT2D eigenvalue weighted by atomic mass is 19.1. The van der Waals surface area contributed by atoms with Gasteiger partial charge >= 0.3 is 0 Å². The molecule has 0 aliphatic rings. The van der Waals surface area contributed by atoms with Crippen LogP contribution < -0.4 is 16.2 Å². The summed E-state index contributed by atoms with van der Waals surface area (Å²) in [6.45, 7) is 0. The fraction of sp³-hybridized carbons (Fsp3) is 0. The topological polar surface area (TPSA) is 61.3 Å². The molecule has 0 aromatic heterocycles. The maximum absolute atomic E-state index is 13.3. The van der Waals surface area contributed by atoms with Crippen LogP contribution in [0.1, 0.15) is 0 Å². The molecule has 2 aromatic rings. The summed E-state index contributed by atoms with van der Waals surface area (Å²) in [6, 6.07) is 7.46. The lowest BCUT2D eigenvalue weighted by Crippen LogP contribution is -1.95. The van der Waals surface area contributed by atoms with Gasteiger partial charge in [-0.2, -0.15) is 0 Å². The van der Waals surface area contributed by atoms with E-state index in [2.05, 4.69) is 0 Å². The fourth-order valence-corrected chi connectivity index (χ4v) is 1.30. The Kier molecular flexibility index (Phi) is 2.82. The molecule has 2 rings (SSSR count). The lowest BCUT2D eigenvalue weighted by Gasteiger charge is -2.08. The molecule has 0 saturated heterocycles. The van der Waals surface area contributed by atoms with Crippen molar-refractivity contribution in [2.75, 3.05) is 11.5 Å². The monoisotopic (exact) mass is 236 g/mol. The van der Waals surface area contributed by atoms with E-state index in [9.17, 15) is 8.78 Å². The molecule has 5 heteroatoms. The first-order valence-electron chi connectivity index (χ1n) is 4.84. The molecule has 3 nitrogen and oxygen atoms in total. The van der Waals surface area contributed by atoms with Crippen LogP contribution in [0.15, 0.2) is 36.4 Å². The molecular formula is C12H10F2N2O. The molecule has 0 fully saturated rings. The highest BCUT2D eigenvalue weighted by Crippen LogP contribution is 2.28. The Balaban J connectivity index is 2.31. The van der Waals surface area contributed by atoms with Crippen molar-refractivity contribution in [1.29, 1.82) is 0 Å². The van der Waals surface area contributed by atoms with E-state index in [1.165, 1.54) is 18.2 Å². The van der Waals surface area contributed by atoms with Crippen molar-refractivity contribution < 1.29 is 13.5 Å². The van der Waals surface area contributed by atoms with Gasteiger partial charge in [0.15, 0.2) is 11.6 Å². The Labute approximate surface area is 96.6 Å². The van der Waals surface area contributed by atoms with Crippen LogP contribution in [0.2, 0.25) is 0 Å². The minimum Gasteiger partial charge on any atom is -0.454 e. The Morgan fingerprint density at radius 3 is 2.35 bits per heavy atom. The number of benzene rings is 2. The molecule has 17 heavy (non-hydrogen) atoms. The van der Waals surface area contributed by atoms with Crippen LogP contribution in [0.3, 0.4) is 0 Å². The molecule has 88 valence electrons. The van der Waals surface area contributed by atoms with Crippen molar-refractivity contribution in [1.82, 2.24) is 0 Å². The minimum absolute atomic E-state index is 0.200. The second-order valence-corrected chi connectivity index (χ2v) is 3.47. The standard InChI is InChI=1S/C12H10F2N2O/c13-7-1-3-9(14)12(5-7)17-8-2-4-10(15)11(16)6-8/h1-6H,15-16H2. The summed E-state index contributed by atoms with van der Waals surface area (Å²) in [7, 11) is 0. The minimum atomic E-state index is -0.651. The molecule has 0 atom stereocenters. The van der Waals surface area contributed by atoms with Crippen LogP contribution in [0.4, 0.5) is 20.2 Å².